The first-order chi connectivity index (χ1) is 9.15. The van der Waals surface area contributed by atoms with Crippen molar-refractivity contribution in [1.29, 1.82) is 0 Å². The van der Waals surface area contributed by atoms with Gasteiger partial charge in [0.25, 0.3) is 5.89 Å². The number of hydrogen-bond donors (Lipinski definition) is 1. The Morgan fingerprint density at radius 3 is 2.58 bits per heavy atom. The molecule has 0 atom stereocenters. The maximum absolute atomic E-state index is 5.89. The minimum Gasteiger partial charge on any atom is -0.466 e. The van der Waals surface area contributed by atoms with Gasteiger partial charge in [-0.15, -0.1) is 0 Å². The highest BCUT2D eigenvalue weighted by Gasteiger charge is 2.16. The molecule has 0 saturated heterocycles. The molecule has 2 aromatic heterocycles. The summed E-state index contributed by atoms with van der Waals surface area (Å²) in [5, 5.41) is 3.97. The van der Waals surface area contributed by atoms with E-state index in [-0.39, 0.29) is 0 Å². The normalized spacial score (nSPS) is 10.8. The summed E-state index contributed by atoms with van der Waals surface area (Å²) in [5.41, 5.74) is 8.09. The average molecular weight is 255 g/mol. The summed E-state index contributed by atoms with van der Waals surface area (Å²) in [7, 11) is 0. The third kappa shape index (κ3) is 1.99. The Morgan fingerprint density at radius 1 is 1.11 bits per heavy atom. The highest BCUT2D eigenvalue weighted by Crippen LogP contribution is 2.28. The fourth-order valence-corrected chi connectivity index (χ4v) is 1.99. The lowest BCUT2D eigenvalue weighted by molar-refractivity contribution is 0.430. The minimum absolute atomic E-state index is 0.438. The van der Waals surface area contributed by atoms with Gasteiger partial charge in [0, 0.05) is 11.3 Å². The average Bonchev–Trinajstić information content (AvgIpc) is 2.96. The van der Waals surface area contributed by atoms with Crippen LogP contribution in [0.2, 0.25) is 0 Å². The van der Waals surface area contributed by atoms with Gasteiger partial charge in [0.1, 0.15) is 11.5 Å². The van der Waals surface area contributed by atoms with E-state index in [2.05, 4.69) is 10.1 Å². The number of hydrogen-bond acceptors (Lipinski definition) is 5. The highest BCUT2D eigenvalue weighted by molar-refractivity contribution is 5.72. The van der Waals surface area contributed by atoms with Gasteiger partial charge in [0.15, 0.2) is 0 Å². The molecular formula is C14H13N3O2. The number of anilines is 1. The Labute approximate surface area is 110 Å². The van der Waals surface area contributed by atoms with Crippen LogP contribution in [0.25, 0.3) is 22.8 Å². The third-order valence-electron chi connectivity index (χ3n) is 2.90. The van der Waals surface area contributed by atoms with Crippen LogP contribution in [0.3, 0.4) is 0 Å². The molecule has 0 radical (unpaired) electrons. The number of nitrogens with two attached hydrogens (primary N) is 1. The molecule has 3 aromatic rings. The summed E-state index contributed by atoms with van der Waals surface area (Å²) in [6.45, 7) is 3.74. The molecule has 0 aliphatic heterocycles. The van der Waals surface area contributed by atoms with E-state index in [0.717, 1.165) is 22.6 Å². The Bertz CT molecular complexity index is 728. The molecule has 5 heteroatoms. The molecule has 1 aromatic carbocycles. The van der Waals surface area contributed by atoms with E-state index >= 15 is 0 Å². The van der Waals surface area contributed by atoms with Gasteiger partial charge in [-0.1, -0.05) is 17.3 Å². The Morgan fingerprint density at radius 2 is 1.89 bits per heavy atom. The zero-order valence-electron chi connectivity index (χ0n) is 10.7. The van der Waals surface area contributed by atoms with Crippen LogP contribution in [0.4, 0.5) is 5.69 Å². The van der Waals surface area contributed by atoms with Crippen molar-refractivity contribution in [2.75, 3.05) is 5.73 Å². The highest BCUT2D eigenvalue weighted by atomic mass is 16.5. The lowest BCUT2D eigenvalue weighted by Crippen LogP contribution is -1.90. The van der Waals surface area contributed by atoms with Crippen molar-refractivity contribution in [3.05, 3.63) is 41.9 Å². The summed E-state index contributed by atoms with van der Waals surface area (Å²) in [5.74, 6) is 2.49. The van der Waals surface area contributed by atoms with Crippen LogP contribution < -0.4 is 5.73 Å². The van der Waals surface area contributed by atoms with Gasteiger partial charge < -0.3 is 14.7 Å². The van der Waals surface area contributed by atoms with E-state index in [1.165, 1.54) is 0 Å². The number of aromatic nitrogens is 2. The SMILES string of the molecule is Cc1cc(-c2nc(-c3ccccc3N)no2)c(C)o1. The van der Waals surface area contributed by atoms with Crippen molar-refractivity contribution in [2.45, 2.75) is 13.8 Å². The fourth-order valence-electron chi connectivity index (χ4n) is 1.99. The number of benzene rings is 1. The van der Waals surface area contributed by atoms with Crippen molar-refractivity contribution in [3.63, 3.8) is 0 Å². The maximum atomic E-state index is 5.89. The van der Waals surface area contributed by atoms with Gasteiger partial charge in [-0.2, -0.15) is 4.98 Å². The second-order valence-electron chi connectivity index (χ2n) is 4.34. The van der Waals surface area contributed by atoms with Crippen LogP contribution in [-0.4, -0.2) is 10.1 Å². The van der Waals surface area contributed by atoms with Gasteiger partial charge in [0.2, 0.25) is 5.82 Å². The number of rotatable bonds is 2. The number of aryl methyl sites for hydroxylation is 2. The van der Waals surface area contributed by atoms with Gasteiger partial charge >= 0.3 is 0 Å². The standard InChI is InChI=1S/C14H13N3O2/c1-8-7-11(9(2)18-8)14-16-13(17-19-14)10-5-3-4-6-12(10)15/h3-7H,15H2,1-2H3. The first-order valence-electron chi connectivity index (χ1n) is 5.91. The number of nitrogen functional groups attached to an aromatic ring is 1. The predicted molar refractivity (Wildman–Crippen MR) is 71.3 cm³/mol. The maximum Gasteiger partial charge on any atom is 0.261 e. The molecule has 0 fully saturated rings. The zero-order valence-corrected chi connectivity index (χ0v) is 10.7. The molecule has 3 rings (SSSR count). The van der Waals surface area contributed by atoms with Gasteiger partial charge in [-0.05, 0) is 32.0 Å². The third-order valence-corrected chi connectivity index (χ3v) is 2.90. The van der Waals surface area contributed by atoms with Gasteiger partial charge in [-0.3, -0.25) is 0 Å². The van der Waals surface area contributed by atoms with Gasteiger partial charge in [-0.25, -0.2) is 0 Å². The molecule has 0 spiro atoms. The lowest BCUT2D eigenvalue weighted by atomic mass is 10.2. The molecular weight excluding hydrogens is 242 g/mol. The first kappa shape index (κ1) is 11.5. The summed E-state index contributed by atoms with van der Waals surface area (Å²) in [6, 6.07) is 9.29. The smallest absolute Gasteiger partial charge is 0.261 e. The van der Waals surface area contributed by atoms with E-state index in [9.17, 15) is 0 Å². The molecule has 0 saturated carbocycles. The van der Waals surface area contributed by atoms with Gasteiger partial charge in [0.05, 0.1) is 5.56 Å². The van der Waals surface area contributed by atoms with E-state index in [1.807, 2.05) is 38.1 Å². The summed E-state index contributed by atoms with van der Waals surface area (Å²) in [4.78, 5) is 4.37. The summed E-state index contributed by atoms with van der Waals surface area (Å²) < 4.78 is 10.7. The molecule has 2 heterocycles. The second-order valence-corrected chi connectivity index (χ2v) is 4.34. The van der Waals surface area contributed by atoms with Crippen LogP contribution in [0.5, 0.6) is 0 Å². The van der Waals surface area contributed by atoms with E-state index in [4.69, 9.17) is 14.7 Å². The summed E-state index contributed by atoms with van der Waals surface area (Å²) in [6.07, 6.45) is 0. The summed E-state index contributed by atoms with van der Waals surface area (Å²) >= 11 is 0. The van der Waals surface area contributed by atoms with E-state index in [1.54, 1.807) is 6.07 Å². The second kappa shape index (κ2) is 4.28. The largest absolute Gasteiger partial charge is 0.466 e. The first-order valence-corrected chi connectivity index (χ1v) is 5.91. The van der Waals surface area contributed by atoms with Crippen molar-refractivity contribution in [2.24, 2.45) is 0 Å². The monoisotopic (exact) mass is 255 g/mol. The molecule has 0 unspecified atom stereocenters. The van der Waals surface area contributed by atoms with E-state index < -0.39 is 0 Å². The molecule has 96 valence electrons. The lowest BCUT2D eigenvalue weighted by Gasteiger charge is -1.97. The van der Waals surface area contributed by atoms with Crippen molar-refractivity contribution in [1.82, 2.24) is 10.1 Å². The zero-order chi connectivity index (χ0) is 13.4. The quantitative estimate of drug-likeness (QED) is 0.711. The molecule has 0 bridgehead atoms. The molecule has 2 N–H and O–H groups in total. The predicted octanol–water partition coefficient (Wildman–Crippen LogP) is 3.20. The number of nitrogens with zero attached hydrogens (tertiary/aromatic N) is 2. The molecule has 0 aliphatic rings. The van der Waals surface area contributed by atoms with Crippen LogP contribution in [0.1, 0.15) is 11.5 Å². The topological polar surface area (TPSA) is 78.1 Å². The molecule has 5 nitrogen and oxygen atoms in total. The Hall–Kier alpha value is -2.56. The van der Waals surface area contributed by atoms with Crippen molar-refractivity contribution in [3.8, 4) is 22.8 Å². The van der Waals surface area contributed by atoms with Crippen molar-refractivity contribution < 1.29 is 8.94 Å². The Balaban J connectivity index is 2.05. The van der Waals surface area contributed by atoms with Crippen LogP contribution in [-0.2, 0) is 0 Å². The van der Waals surface area contributed by atoms with Crippen molar-refractivity contribution >= 4 is 5.69 Å². The van der Waals surface area contributed by atoms with Crippen LogP contribution in [0.15, 0.2) is 39.3 Å². The molecule has 19 heavy (non-hydrogen) atoms. The number of furan rings is 1. The Kier molecular flexibility index (Phi) is 2.59. The molecule has 0 amide bonds. The molecule has 0 aliphatic carbocycles. The van der Waals surface area contributed by atoms with Crippen LogP contribution in [0, 0.1) is 13.8 Å². The van der Waals surface area contributed by atoms with E-state index in [0.29, 0.717) is 17.4 Å². The fraction of sp³-hybridized carbons (Fsp3) is 0.143. The minimum atomic E-state index is 0.438. The number of para-hydroxylation sites is 1. The van der Waals surface area contributed by atoms with Crippen LogP contribution >= 0.6 is 0 Å².